The van der Waals surface area contributed by atoms with Crippen molar-refractivity contribution < 1.29 is 9.53 Å². The Balaban J connectivity index is 1.57. The van der Waals surface area contributed by atoms with Crippen molar-refractivity contribution >= 4 is 11.8 Å². The predicted molar refractivity (Wildman–Crippen MR) is 110 cm³/mol. The number of carbonyl (C=O) groups excluding carboxylic acids is 1. The van der Waals surface area contributed by atoms with Gasteiger partial charge in [-0.25, -0.2) is 9.78 Å². The lowest BCUT2D eigenvalue weighted by Gasteiger charge is -2.48. The molecular formula is C22H28N4O2. The van der Waals surface area contributed by atoms with Crippen LogP contribution in [0.2, 0.25) is 0 Å². The van der Waals surface area contributed by atoms with Crippen molar-refractivity contribution in [2.45, 2.75) is 36.8 Å². The van der Waals surface area contributed by atoms with Gasteiger partial charge >= 0.3 is 6.03 Å². The first-order valence-corrected chi connectivity index (χ1v) is 9.81. The van der Waals surface area contributed by atoms with E-state index in [2.05, 4.69) is 59.6 Å². The zero-order chi connectivity index (χ0) is 19.8. The highest BCUT2D eigenvalue weighted by Gasteiger charge is 2.50. The lowest BCUT2D eigenvalue weighted by Crippen LogP contribution is -2.54. The highest BCUT2D eigenvalue weighted by molar-refractivity contribution is 5.95. The molecule has 1 saturated heterocycles. The molecule has 1 aromatic heterocycles. The number of nitrogens with one attached hydrogen (secondary N) is 1. The largest absolute Gasteiger partial charge is 0.493 e. The Morgan fingerprint density at radius 3 is 2.43 bits per heavy atom. The minimum absolute atomic E-state index is 0.00729. The van der Waals surface area contributed by atoms with Gasteiger partial charge in [0.2, 0.25) is 0 Å². The van der Waals surface area contributed by atoms with Crippen molar-refractivity contribution in [3.8, 4) is 5.75 Å². The van der Waals surface area contributed by atoms with Crippen LogP contribution in [0.25, 0.3) is 0 Å². The van der Waals surface area contributed by atoms with E-state index in [0.29, 0.717) is 18.1 Å². The molecule has 6 heteroatoms. The quantitative estimate of drug-likeness (QED) is 0.883. The zero-order valence-electron chi connectivity index (χ0n) is 16.8. The molecule has 1 N–H and O–H groups in total. The van der Waals surface area contributed by atoms with Crippen molar-refractivity contribution in [3.63, 3.8) is 0 Å². The predicted octanol–water partition coefficient (Wildman–Crippen LogP) is 3.39. The Morgan fingerprint density at radius 1 is 1.07 bits per heavy atom. The molecule has 1 aromatic carbocycles. The molecule has 28 heavy (non-hydrogen) atoms. The van der Waals surface area contributed by atoms with E-state index in [1.807, 2.05) is 12.1 Å². The van der Waals surface area contributed by atoms with Crippen molar-refractivity contribution in [3.05, 3.63) is 54.2 Å². The van der Waals surface area contributed by atoms with E-state index in [-0.39, 0.29) is 17.1 Å². The summed E-state index contributed by atoms with van der Waals surface area (Å²) in [6.07, 6.45) is 5.55. The Kier molecular flexibility index (Phi) is 4.75. The molecule has 1 saturated carbocycles. The molecule has 2 aromatic rings. The van der Waals surface area contributed by atoms with Gasteiger partial charge < -0.3 is 10.1 Å². The number of rotatable bonds is 4. The van der Waals surface area contributed by atoms with Crippen molar-refractivity contribution in [1.29, 1.82) is 0 Å². The van der Waals surface area contributed by atoms with Crippen LogP contribution in [0.1, 0.15) is 31.2 Å². The normalized spacial score (nSPS) is 27.3. The van der Waals surface area contributed by atoms with Crippen LogP contribution >= 0.6 is 0 Å². The molecule has 1 aliphatic carbocycles. The molecule has 2 heterocycles. The number of amides is 2. The number of aromatic nitrogens is 1. The number of ether oxygens (including phenoxy) is 1. The van der Waals surface area contributed by atoms with E-state index in [1.165, 1.54) is 5.56 Å². The Hall–Kier alpha value is -2.60. The summed E-state index contributed by atoms with van der Waals surface area (Å²) in [5.41, 5.74) is 1.14. The second kappa shape index (κ2) is 7.09. The second-order valence-corrected chi connectivity index (χ2v) is 8.12. The highest BCUT2D eigenvalue weighted by atomic mass is 16.5. The van der Waals surface area contributed by atoms with Gasteiger partial charge in [0.05, 0.1) is 19.2 Å². The zero-order valence-corrected chi connectivity index (χ0v) is 16.8. The number of benzene rings is 1. The van der Waals surface area contributed by atoms with Gasteiger partial charge in [-0.2, -0.15) is 0 Å². The Labute approximate surface area is 166 Å². The minimum atomic E-state index is -0.214. The fourth-order valence-corrected chi connectivity index (χ4v) is 4.79. The molecule has 0 atom stereocenters. The molecule has 2 fully saturated rings. The standard InChI is InChI=1S/C22H28N4O2/c1-25(2)22(17-8-5-4-6-9-17)13-11-21(12-14-22)16-26(20(27)24-21)19-18(28-3)10-7-15-23-19/h4-10,15H,11-14,16H2,1-3H3,(H,24,27)/t21-,22-. The minimum Gasteiger partial charge on any atom is -0.493 e. The molecule has 148 valence electrons. The van der Waals surface area contributed by atoms with Crippen LogP contribution < -0.4 is 15.0 Å². The third-order valence-corrected chi connectivity index (χ3v) is 6.51. The number of pyridine rings is 1. The molecular weight excluding hydrogens is 352 g/mol. The van der Waals surface area contributed by atoms with E-state index in [9.17, 15) is 4.79 Å². The Bertz CT molecular complexity index is 845. The number of anilines is 1. The van der Waals surface area contributed by atoms with E-state index in [0.717, 1.165) is 25.7 Å². The molecule has 1 spiro atoms. The summed E-state index contributed by atoms with van der Waals surface area (Å²) in [5.74, 6) is 1.21. The van der Waals surface area contributed by atoms with Crippen LogP contribution in [0.15, 0.2) is 48.7 Å². The number of nitrogens with zero attached hydrogens (tertiary/aromatic N) is 3. The summed E-state index contributed by atoms with van der Waals surface area (Å²) in [4.78, 5) is 21.3. The number of carbonyl (C=O) groups is 1. The smallest absolute Gasteiger partial charge is 0.323 e. The van der Waals surface area contributed by atoms with E-state index >= 15 is 0 Å². The van der Waals surface area contributed by atoms with Gasteiger partial charge in [0.1, 0.15) is 0 Å². The number of hydrogen-bond acceptors (Lipinski definition) is 4. The molecule has 1 aliphatic heterocycles. The van der Waals surface area contributed by atoms with E-state index < -0.39 is 0 Å². The molecule has 2 amide bonds. The van der Waals surface area contributed by atoms with Crippen LogP contribution in [0.4, 0.5) is 10.6 Å². The second-order valence-electron chi connectivity index (χ2n) is 8.12. The summed E-state index contributed by atoms with van der Waals surface area (Å²) >= 11 is 0. The number of methoxy groups -OCH3 is 1. The maximum absolute atomic E-state index is 12.8. The average molecular weight is 380 g/mol. The number of hydrogen-bond donors (Lipinski definition) is 1. The lowest BCUT2D eigenvalue weighted by atomic mass is 9.69. The van der Waals surface area contributed by atoms with Crippen LogP contribution in [0.5, 0.6) is 5.75 Å². The van der Waals surface area contributed by atoms with Crippen LogP contribution in [-0.2, 0) is 5.54 Å². The summed E-state index contributed by atoms with van der Waals surface area (Å²) in [6.45, 7) is 0.623. The molecule has 2 aliphatic rings. The van der Waals surface area contributed by atoms with Crippen LogP contribution in [-0.4, -0.2) is 49.2 Å². The summed E-state index contributed by atoms with van der Waals surface area (Å²) < 4.78 is 5.41. The van der Waals surface area contributed by atoms with Gasteiger partial charge in [0.15, 0.2) is 11.6 Å². The van der Waals surface area contributed by atoms with Gasteiger partial charge in [-0.3, -0.25) is 9.80 Å². The fourth-order valence-electron chi connectivity index (χ4n) is 4.79. The van der Waals surface area contributed by atoms with Gasteiger partial charge in [-0.15, -0.1) is 0 Å². The van der Waals surface area contributed by atoms with Crippen molar-refractivity contribution in [1.82, 2.24) is 15.2 Å². The SMILES string of the molecule is COc1cccnc1N1C[C@]2(CC[C@@](c3ccccc3)(N(C)C)CC2)NC1=O. The lowest BCUT2D eigenvalue weighted by molar-refractivity contribution is 0.0657. The Morgan fingerprint density at radius 2 is 1.79 bits per heavy atom. The monoisotopic (exact) mass is 380 g/mol. The maximum Gasteiger partial charge on any atom is 0.323 e. The van der Waals surface area contributed by atoms with Crippen molar-refractivity contribution in [2.24, 2.45) is 0 Å². The number of urea groups is 1. The van der Waals surface area contributed by atoms with E-state index in [1.54, 1.807) is 18.2 Å². The third kappa shape index (κ3) is 3.02. The first-order valence-electron chi connectivity index (χ1n) is 9.81. The van der Waals surface area contributed by atoms with Crippen LogP contribution in [0, 0.1) is 0 Å². The molecule has 0 radical (unpaired) electrons. The summed E-state index contributed by atoms with van der Waals surface area (Å²) in [7, 11) is 5.92. The third-order valence-electron chi connectivity index (χ3n) is 6.51. The van der Waals surface area contributed by atoms with Gasteiger partial charge in [0, 0.05) is 11.7 Å². The first kappa shape index (κ1) is 18.7. The first-order chi connectivity index (χ1) is 13.5. The maximum atomic E-state index is 12.8. The molecule has 4 rings (SSSR count). The highest BCUT2D eigenvalue weighted by Crippen LogP contribution is 2.46. The van der Waals surface area contributed by atoms with Crippen LogP contribution in [0.3, 0.4) is 0 Å². The van der Waals surface area contributed by atoms with Gasteiger partial charge in [0.25, 0.3) is 0 Å². The van der Waals surface area contributed by atoms with Gasteiger partial charge in [-0.1, -0.05) is 30.3 Å². The summed E-state index contributed by atoms with van der Waals surface area (Å²) in [6, 6.07) is 14.3. The van der Waals surface area contributed by atoms with Gasteiger partial charge in [-0.05, 0) is 57.5 Å². The molecule has 0 bridgehead atoms. The van der Waals surface area contributed by atoms with Crippen molar-refractivity contribution in [2.75, 3.05) is 32.6 Å². The average Bonchev–Trinajstić information content (AvgIpc) is 3.05. The topological polar surface area (TPSA) is 57.7 Å². The fraction of sp³-hybridized carbons (Fsp3) is 0.455. The molecule has 0 unspecified atom stereocenters. The molecule has 6 nitrogen and oxygen atoms in total. The van der Waals surface area contributed by atoms with E-state index in [4.69, 9.17) is 4.74 Å². The summed E-state index contributed by atoms with van der Waals surface area (Å²) in [5, 5.41) is 3.27.